The summed E-state index contributed by atoms with van der Waals surface area (Å²) in [5.74, 6) is 0. The second-order valence-corrected chi connectivity index (χ2v) is 3.76. The van der Waals surface area contributed by atoms with Crippen LogP contribution in [0.3, 0.4) is 0 Å². The van der Waals surface area contributed by atoms with Gasteiger partial charge in [0.1, 0.15) is 6.33 Å². The Hall–Kier alpha value is -0.710. The molecule has 0 aliphatic rings. The molecule has 0 amide bonds. The Labute approximate surface area is 84.2 Å². The molecule has 1 aromatic carbocycles. The number of nitrogens with zero attached hydrogens (tertiary/aromatic N) is 2. The second-order valence-electron chi connectivity index (χ2n) is 2.59. The first-order valence-electron chi connectivity index (χ1n) is 3.65. The van der Waals surface area contributed by atoms with E-state index < -0.39 is 0 Å². The van der Waals surface area contributed by atoms with Crippen LogP contribution in [0.25, 0.3) is 10.9 Å². The number of fused-ring (bicyclic) bond motifs is 1. The average molecular weight is 270 g/mol. The van der Waals surface area contributed by atoms with E-state index >= 15 is 0 Å². The number of rotatable bonds is 0. The van der Waals surface area contributed by atoms with Crippen LogP contribution in [-0.2, 0) is 0 Å². The second kappa shape index (κ2) is 2.97. The van der Waals surface area contributed by atoms with E-state index in [-0.39, 0.29) is 0 Å². The van der Waals surface area contributed by atoms with Gasteiger partial charge in [0.15, 0.2) is 0 Å². The van der Waals surface area contributed by atoms with E-state index in [0.29, 0.717) is 0 Å². The number of aryl methyl sites for hydroxylation is 1. The molecule has 0 aliphatic carbocycles. The number of hydrogen-bond donors (Lipinski definition) is 0. The Balaban J connectivity index is 2.96. The molecule has 2 nitrogen and oxygen atoms in total. The van der Waals surface area contributed by atoms with Crippen LogP contribution in [0, 0.1) is 10.5 Å². The number of hydrogen-bond acceptors (Lipinski definition) is 2. The third kappa shape index (κ3) is 1.18. The van der Waals surface area contributed by atoms with Crippen LogP contribution in [0.1, 0.15) is 5.69 Å². The lowest BCUT2D eigenvalue weighted by atomic mass is 10.2. The van der Waals surface area contributed by atoms with E-state index in [2.05, 4.69) is 38.6 Å². The molecule has 0 atom stereocenters. The largest absolute Gasteiger partial charge is 0.241 e. The summed E-state index contributed by atoms with van der Waals surface area (Å²) >= 11 is 2.30. The topological polar surface area (TPSA) is 25.8 Å². The Bertz CT molecular complexity index is 389. The average Bonchev–Trinajstić information content (AvgIpc) is 2.04. The molecule has 0 radical (unpaired) electrons. The first kappa shape index (κ1) is 7.91. The Morgan fingerprint density at radius 2 is 2.08 bits per heavy atom. The molecule has 0 bridgehead atoms. The lowest BCUT2D eigenvalue weighted by molar-refractivity contribution is 1.15. The van der Waals surface area contributed by atoms with Gasteiger partial charge in [0.2, 0.25) is 0 Å². The maximum atomic E-state index is 4.19. The predicted molar refractivity (Wildman–Crippen MR) is 57.0 cm³/mol. The van der Waals surface area contributed by atoms with Crippen LogP contribution in [0.2, 0.25) is 0 Å². The zero-order valence-electron chi connectivity index (χ0n) is 6.58. The standard InChI is InChI=1S/C9H7IN2/c1-6-9-7(10)3-2-4-8(9)12-5-11-6/h2-5H,1H3. The first-order chi connectivity index (χ1) is 5.79. The van der Waals surface area contributed by atoms with Gasteiger partial charge < -0.3 is 0 Å². The quantitative estimate of drug-likeness (QED) is 0.687. The molecule has 0 N–H and O–H groups in total. The van der Waals surface area contributed by atoms with Gasteiger partial charge in [-0.2, -0.15) is 0 Å². The highest BCUT2D eigenvalue weighted by atomic mass is 127. The van der Waals surface area contributed by atoms with E-state index in [9.17, 15) is 0 Å². The molecular formula is C9H7IN2. The third-order valence-electron chi connectivity index (χ3n) is 1.80. The van der Waals surface area contributed by atoms with Crippen molar-refractivity contribution in [2.75, 3.05) is 0 Å². The van der Waals surface area contributed by atoms with Crippen LogP contribution in [0.4, 0.5) is 0 Å². The predicted octanol–water partition coefficient (Wildman–Crippen LogP) is 2.54. The van der Waals surface area contributed by atoms with Gasteiger partial charge in [0, 0.05) is 14.7 Å². The highest BCUT2D eigenvalue weighted by molar-refractivity contribution is 14.1. The monoisotopic (exact) mass is 270 g/mol. The molecular weight excluding hydrogens is 263 g/mol. The van der Waals surface area contributed by atoms with E-state index in [1.54, 1.807) is 6.33 Å². The van der Waals surface area contributed by atoms with Crippen molar-refractivity contribution in [1.82, 2.24) is 9.97 Å². The zero-order valence-corrected chi connectivity index (χ0v) is 8.74. The van der Waals surface area contributed by atoms with Crippen LogP contribution in [0.5, 0.6) is 0 Å². The van der Waals surface area contributed by atoms with Gasteiger partial charge in [-0.15, -0.1) is 0 Å². The number of halogens is 1. The van der Waals surface area contributed by atoms with Crippen molar-refractivity contribution in [3.8, 4) is 0 Å². The molecule has 1 aromatic heterocycles. The molecule has 12 heavy (non-hydrogen) atoms. The van der Waals surface area contributed by atoms with E-state index in [1.807, 2.05) is 19.1 Å². The van der Waals surface area contributed by atoms with Crippen molar-refractivity contribution in [3.63, 3.8) is 0 Å². The fourth-order valence-corrected chi connectivity index (χ4v) is 2.09. The molecule has 0 saturated carbocycles. The van der Waals surface area contributed by atoms with Crippen molar-refractivity contribution in [2.45, 2.75) is 6.92 Å². The molecule has 0 aliphatic heterocycles. The normalized spacial score (nSPS) is 10.5. The molecule has 2 aromatic rings. The fourth-order valence-electron chi connectivity index (χ4n) is 1.22. The maximum Gasteiger partial charge on any atom is 0.116 e. The molecule has 2 rings (SSSR count). The van der Waals surface area contributed by atoms with Crippen molar-refractivity contribution in [2.24, 2.45) is 0 Å². The van der Waals surface area contributed by atoms with Crippen LogP contribution < -0.4 is 0 Å². The van der Waals surface area contributed by atoms with E-state index in [1.165, 1.54) is 8.96 Å². The van der Waals surface area contributed by atoms with Gasteiger partial charge in [-0.1, -0.05) is 6.07 Å². The van der Waals surface area contributed by atoms with Crippen molar-refractivity contribution in [1.29, 1.82) is 0 Å². The van der Waals surface area contributed by atoms with Crippen LogP contribution >= 0.6 is 22.6 Å². The molecule has 0 saturated heterocycles. The first-order valence-corrected chi connectivity index (χ1v) is 4.73. The highest BCUT2D eigenvalue weighted by Crippen LogP contribution is 2.20. The minimum Gasteiger partial charge on any atom is -0.241 e. The Kier molecular flexibility index (Phi) is 1.96. The minimum absolute atomic E-state index is 1.02. The van der Waals surface area contributed by atoms with Crippen LogP contribution in [0.15, 0.2) is 24.5 Å². The summed E-state index contributed by atoms with van der Waals surface area (Å²) in [6, 6.07) is 6.09. The number of aromatic nitrogens is 2. The highest BCUT2D eigenvalue weighted by Gasteiger charge is 2.01. The summed E-state index contributed by atoms with van der Waals surface area (Å²) in [6.07, 6.45) is 1.60. The van der Waals surface area contributed by atoms with E-state index in [4.69, 9.17) is 0 Å². The van der Waals surface area contributed by atoms with Gasteiger partial charge in [0.25, 0.3) is 0 Å². The summed E-state index contributed by atoms with van der Waals surface area (Å²) in [5.41, 5.74) is 2.07. The minimum atomic E-state index is 1.02. The Morgan fingerprint density at radius 3 is 2.83 bits per heavy atom. The lowest BCUT2D eigenvalue weighted by Gasteiger charge is -2.00. The van der Waals surface area contributed by atoms with Crippen molar-refractivity contribution in [3.05, 3.63) is 33.8 Å². The summed E-state index contributed by atoms with van der Waals surface area (Å²) < 4.78 is 1.21. The molecule has 1 heterocycles. The van der Waals surface area contributed by atoms with Gasteiger partial charge in [-0.25, -0.2) is 9.97 Å². The third-order valence-corrected chi connectivity index (χ3v) is 2.70. The molecule has 3 heteroatoms. The summed E-state index contributed by atoms with van der Waals surface area (Å²) in [4.78, 5) is 8.34. The van der Waals surface area contributed by atoms with Crippen molar-refractivity contribution >= 4 is 33.5 Å². The van der Waals surface area contributed by atoms with Crippen LogP contribution in [-0.4, -0.2) is 9.97 Å². The van der Waals surface area contributed by atoms with Crippen molar-refractivity contribution < 1.29 is 0 Å². The van der Waals surface area contributed by atoms with Gasteiger partial charge in [-0.05, 0) is 41.6 Å². The summed E-state index contributed by atoms with van der Waals surface area (Å²) in [5, 5.41) is 1.17. The molecule has 0 unspecified atom stereocenters. The van der Waals surface area contributed by atoms with Gasteiger partial charge in [-0.3, -0.25) is 0 Å². The van der Waals surface area contributed by atoms with E-state index in [0.717, 1.165) is 11.2 Å². The molecule has 0 fully saturated rings. The zero-order chi connectivity index (χ0) is 8.55. The molecule has 0 spiro atoms. The SMILES string of the molecule is Cc1ncnc2cccc(I)c12. The maximum absolute atomic E-state index is 4.19. The van der Waals surface area contributed by atoms with Gasteiger partial charge in [0.05, 0.1) is 5.52 Å². The number of benzene rings is 1. The fraction of sp³-hybridized carbons (Fsp3) is 0.111. The summed E-state index contributed by atoms with van der Waals surface area (Å²) in [6.45, 7) is 2.01. The smallest absolute Gasteiger partial charge is 0.116 e. The Morgan fingerprint density at radius 1 is 1.25 bits per heavy atom. The summed E-state index contributed by atoms with van der Waals surface area (Å²) in [7, 11) is 0. The lowest BCUT2D eigenvalue weighted by Crippen LogP contribution is -1.88. The molecule has 60 valence electrons. The van der Waals surface area contributed by atoms with Gasteiger partial charge >= 0.3 is 0 Å².